The summed E-state index contributed by atoms with van der Waals surface area (Å²) in [5.74, 6) is 0.708. The molecule has 16 heavy (non-hydrogen) atoms. The van der Waals surface area contributed by atoms with Gasteiger partial charge in [-0.05, 0) is 32.2 Å². The van der Waals surface area contributed by atoms with E-state index >= 15 is 0 Å². The fraction of sp³-hybridized carbons (Fsp3) is 0.917. The van der Waals surface area contributed by atoms with Crippen molar-refractivity contribution in [2.24, 2.45) is 5.92 Å². The fourth-order valence-electron chi connectivity index (χ4n) is 2.82. The lowest BCUT2D eigenvalue weighted by atomic mass is 9.92. The molecule has 3 rings (SSSR count). The molecule has 1 spiro atoms. The van der Waals surface area contributed by atoms with E-state index < -0.39 is 0 Å². The second kappa shape index (κ2) is 4.00. The van der Waals surface area contributed by atoms with Crippen molar-refractivity contribution in [1.82, 2.24) is 10.2 Å². The predicted molar refractivity (Wildman–Crippen MR) is 60.1 cm³/mol. The Balaban J connectivity index is 1.66. The van der Waals surface area contributed by atoms with Crippen LogP contribution in [0.3, 0.4) is 0 Å². The summed E-state index contributed by atoms with van der Waals surface area (Å²) in [6.45, 7) is 4.29. The highest BCUT2D eigenvalue weighted by Crippen LogP contribution is 2.33. The third-order valence-electron chi connectivity index (χ3n) is 3.92. The minimum Gasteiger partial charge on any atom is -0.370 e. The maximum absolute atomic E-state index is 12.0. The van der Waals surface area contributed by atoms with Crippen molar-refractivity contribution in [3.05, 3.63) is 0 Å². The number of carbonyl (C=O) groups is 1. The largest absolute Gasteiger partial charge is 0.370 e. The Morgan fingerprint density at radius 3 is 3.00 bits per heavy atom. The van der Waals surface area contributed by atoms with Gasteiger partial charge in [-0.1, -0.05) is 0 Å². The van der Waals surface area contributed by atoms with Gasteiger partial charge in [-0.15, -0.1) is 0 Å². The molecule has 1 N–H and O–H groups in total. The lowest BCUT2D eigenvalue weighted by Crippen LogP contribution is -2.60. The highest BCUT2D eigenvalue weighted by Gasteiger charge is 2.42. The molecule has 0 aromatic rings. The van der Waals surface area contributed by atoms with Crippen molar-refractivity contribution >= 4 is 5.91 Å². The second-order valence-electron chi connectivity index (χ2n) is 5.35. The van der Waals surface area contributed by atoms with Crippen molar-refractivity contribution in [2.45, 2.75) is 31.3 Å². The third-order valence-corrected chi connectivity index (χ3v) is 3.92. The SMILES string of the molecule is O=C(C1CC1)N1CCOC2(CCCNC2)C1. The van der Waals surface area contributed by atoms with E-state index in [-0.39, 0.29) is 5.60 Å². The van der Waals surface area contributed by atoms with Crippen molar-refractivity contribution in [3.8, 4) is 0 Å². The average Bonchev–Trinajstić information content (AvgIpc) is 3.13. The Morgan fingerprint density at radius 2 is 2.31 bits per heavy atom. The minimum atomic E-state index is -0.0823. The van der Waals surface area contributed by atoms with Gasteiger partial charge in [-0.3, -0.25) is 4.79 Å². The van der Waals surface area contributed by atoms with Gasteiger partial charge < -0.3 is 15.0 Å². The smallest absolute Gasteiger partial charge is 0.225 e. The molecule has 2 saturated heterocycles. The highest BCUT2D eigenvalue weighted by molar-refractivity contribution is 5.81. The first-order valence-corrected chi connectivity index (χ1v) is 6.43. The molecule has 0 aromatic heterocycles. The number of hydrogen-bond acceptors (Lipinski definition) is 3. The molecule has 2 heterocycles. The molecule has 4 heteroatoms. The first kappa shape index (κ1) is 10.5. The zero-order valence-electron chi connectivity index (χ0n) is 9.71. The zero-order chi connectivity index (χ0) is 11.0. The van der Waals surface area contributed by atoms with Crippen molar-refractivity contribution in [3.63, 3.8) is 0 Å². The van der Waals surface area contributed by atoms with Gasteiger partial charge in [0.15, 0.2) is 0 Å². The molecular formula is C12H20N2O2. The normalized spacial score (nSPS) is 35.4. The Labute approximate surface area is 96.3 Å². The first-order chi connectivity index (χ1) is 7.79. The Hall–Kier alpha value is -0.610. The number of amides is 1. The van der Waals surface area contributed by atoms with Crippen LogP contribution in [-0.2, 0) is 9.53 Å². The van der Waals surface area contributed by atoms with Crippen LogP contribution in [0.25, 0.3) is 0 Å². The molecule has 0 bridgehead atoms. The number of ether oxygens (including phenoxy) is 1. The summed E-state index contributed by atoms with van der Waals surface area (Å²) >= 11 is 0. The molecule has 90 valence electrons. The maximum atomic E-state index is 12.0. The van der Waals surface area contributed by atoms with E-state index in [1.54, 1.807) is 0 Å². The highest BCUT2D eigenvalue weighted by atomic mass is 16.5. The fourth-order valence-corrected chi connectivity index (χ4v) is 2.82. The minimum absolute atomic E-state index is 0.0823. The van der Waals surface area contributed by atoms with Crippen molar-refractivity contribution < 1.29 is 9.53 Å². The molecule has 0 aromatic carbocycles. The molecule has 1 amide bonds. The van der Waals surface area contributed by atoms with E-state index in [1.165, 1.54) is 0 Å². The summed E-state index contributed by atoms with van der Waals surface area (Å²) < 4.78 is 5.93. The molecule has 1 atom stereocenters. The Bertz CT molecular complexity index is 277. The van der Waals surface area contributed by atoms with Gasteiger partial charge in [0.05, 0.1) is 18.8 Å². The second-order valence-corrected chi connectivity index (χ2v) is 5.35. The van der Waals surface area contributed by atoms with E-state index in [9.17, 15) is 4.79 Å². The van der Waals surface area contributed by atoms with Crippen LogP contribution in [0.4, 0.5) is 0 Å². The Morgan fingerprint density at radius 1 is 1.44 bits per heavy atom. The lowest BCUT2D eigenvalue weighted by molar-refractivity contribution is -0.154. The molecule has 1 unspecified atom stereocenters. The number of hydrogen-bond donors (Lipinski definition) is 1. The van der Waals surface area contributed by atoms with Gasteiger partial charge in [0.2, 0.25) is 5.91 Å². The van der Waals surface area contributed by atoms with Crippen LogP contribution >= 0.6 is 0 Å². The molecule has 1 aliphatic carbocycles. The Kier molecular flexibility index (Phi) is 2.64. The van der Waals surface area contributed by atoms with Crippen molar-refractivity contribution in [1.29, 1.82) is 0 Å². The van der Waals surface area contributed by atoms with Gasteiger partial charge in [-0.2, -0.15) is 0 Å². The number of nitrogens with one attached hydrogen (secondary N) is 1. The van der Waals surface area contributed by atoms with Gasteiger partial charge >= 0.3 is 0 Å². The predicted octanol–water partition coefficient (Wildman–Crippen LogP) is 0.377. The number of rotatable bonds is 1. The molecule has 4 nitrogen and oxygen atoms in total. The molecule has 3 aliphatic rings. The summed E-state index contributed by atoms with van der Waals surface area (Å²) in [5, 5.41) is 3.39. The summed E-state index contributed by atoms with van der Waals surface area (Å²) in [6.07, 6.45) is 4.45. The lowest BCUT2D eigenvalue weighted by Gasteiger charge is -2.45. The maximum Gasteiger partial charge on any atom is 0.225 e. The zero-order valence-corrected chi connectivity index (χ0v) is 9.71. The molecule has 2 aliphatic heterocycles. The van der Waals surface area contributed by atoms with Gasteiger partial charge in [0.1, 0.15) is 0 Å². The molecule has 3 fully saturated rings. The van der Waals surface area contributed by atoms with E-state index in [0.29, 0.717) is 18.4 Å². The topological polar surface area (TPSA) is 41.6 Å². The van der Waals surface area contributed by atoms with Gasteiger partial charge in [-0.25, -0.2) is 0 Å². The summed E-state index contributed by atoms with van der Waals surface area (Å²) in [5.41, 5.74) is -0.0823. The summed E-state index contributed by atoms with van der Waals surface area (Å²) in [6, 6.07) is 0. The molecular weight excluding hydrogens is 204 g/mol. The van der Waals surface area contributed by atoms with E-state index in [0.717, 1.165) is 51.9 Å². The molecule has 1 saturated carbocycles. The van der Waals surface area contributed by atoms with Crippen LogP contribution in [0.2, 0.25) is 0 Å². The van der Waals surface area contributed by atoms with Gasteiger partial charge in [0.25, 0.3) is 0 Å². The average molecular weight is 224 g/mol. The van der Waals surface area contributed by atoms with Crippen molar-refractivity contribution in [2.75, 3.05) is 32.8 Å². The number of piperidine rings is 1. The summed E-state index contributed by atoms with van der Waals surface area (Å²) in [7, 11) is 0. The van der Waals surface area contributed by atoms with Crippen LogP contribution < -0.4 is 5.32 Å². The first-order valence-electron chi connectivity index (χ1n) is 6.43. The van der Waals surface area contributed by atoms with Crippen LogP contribution in [0.1, 0.15) is 25.7 Å². The van der Waals surface area contributed by atoms with Gasteiger partial charge in [0, 0.05) is 19.0 Å². The standard InChI is InChI=1S/C12H20N2O2/c15-11(10-2-3-10)14-6-7-16-12(9-14)4-1-5-13-8-12/h10,13H,1-9H2. The quantitative estimate of drug-likeness (QED) is 0.700. The van der Waals surface area contributed by atoms with Crippen LogP contribution in [0.5, 0.6) is 0 Å². The number of carbonyl (C=O) groups excluding carboxylic acids is 1. The number of morpholine rings is 1. The number of nitrogens with zero attached hydrogens (tertiary/aromatic N) is 1. The monoisotopic (exact) mass is 224 g/mol. The van der Waals surface area contributed by atoms with Crippen LogP contribution in [-0.4, -0.2) is 49.2 Å². The van der Waals surface area contributed by atoms with E-state index in [2.05, 4.69) is 5.32 Å². The van der Waals surface area contributed by atoms with Crippen LogP contribution in [0, 0.1) is 5.92 Å². The van der Waals surface area contributed by atoms with E-state index in [1.807, 2.05) is 4.90 Å². The third kappa shape index (κ3) is 1.96. The molecule has 0 radical (unpaired) electrons. The van der Waals surface area contributed by atoms with E-state index in [4.69, 9.17) is 4.74 Å². The van der Waals surface area contributed by atoms with Crippen LogP contribution in [0.15, 0.2) is 0 Å². The summed E-state index contributed by atoms with van der Waals surface area (Å²) in [4.78, 5) is 14.1.